The van der Waals surface area contributed by atoms with Crippen molar-refractivity contribution in [3.8, 4) is 34.2 Å². The number of rotatable bonds is 3. The molecule has 0 saturated heterocycles. The van der Waals surface area contributed by atoms with E-state index in [-0.39, 0.29) is 0 Å². The molecule has 8 aromatic carbocycles. The van der Waals surface area contributed by atoms with Crippen LogP contribution < -0.4 is 0 Å². The van der Waals surface area contributed by atoms with Crippen molar-refractivity contribution in [2.24, 2.45) is 0 Å². The van der Waals surface area contributed by atoms with E-state index in [0.29, 0.717) is 17.5 Å². The van der Waals surface area contributed by atoms with E-state index in [1.165, 1.54) is 32.3 Å². The third-order valence-electron chi connectivity index (χ3n) is 8.64. The first-order valence-corrected chi connectivity index (χ1v) is 14.9. The van der Waals surface area contributed by atoms with E-state index in [2.05, 4.69) is 152 Å². The molecule has 9 rings (SSSR count). The van der Waals surface area contributed by atoms with Gasteiger partial charge in [-0.2, -0.15) is 0 Å². The standard InChI is InChI=1S/C41H25N3/c1-3-11-31-24-33(22-16-26(31)8-1)39-42-40(34-23-17-27-9-2-4-12-32(27)25-34)44-41(43-39)36-15-7-13-29-20-21-30-19-18-28-10-5-6-14-35(28)37(30)38(29)36/h1-25H. The Kier molecular flexibility index (Phi) is 5.50. The minimum Gasteiger partial charge on any atom is -0.208 e. The number of hydrogen-bond acceptors (Lipinski definition) is 3. The maximum absolute atomic E-state index is 5.18. The van der Waals surface area contributed by atoms with Gasteiger partial charge in [-0.05, 0) is 60.6 Å². The molecule has 0 saturated carbocycles. The van der Waals surface area contributed by atoms with E-state index in [0.717, 1.165) is 38.2 Å². The van der Waals surface area contributed by atoms with Gasteiger partial charge >= 0.3 is 0 Å². The molecule has 3 nitrogen and oxygen atoms in total. The molecule has 1 heterocycles. The van der Waals surface area contributed by atoms with Gasteiger partial charge < -0.3 is 0 Å². The van der Waals surface area contributed by atoms with Crippen LogP contribution >= 0.6 is 0 Å². The summed E-state index contributed by atoms with van der Waals surface area (Å²) in [4.78, 5) is 15.4. The fourth-order valence-corrected chi connectivity index (χ4v) is 6.47. The lowest BCUT2D eigenvalue weighted by Gasteiger charge is -2.14. The predicted molar refractivity (Wildman–Crippen MR) is 184 cm³/mol. The average molecular weight is 560 g/mol. The predicted octanol–water partition coefficient (Wildman–Crippen LogP) is 10.6. The van der Waals surface area contributed by atoms with Gasteiger partial charge in [0.15, 0.2) is 17.5 Å². The van der Waals surface area contributed by atoms with E-state index in [1.54, 1.807) is 0 Å². The zero-order valence-corrected chi connectivity index (χ0v) is 23.8. The number of aromatic nitrogens is 3. The molecule has 0 amide bonds. The largest absolute Gasteiger partial charge is 0.208 e. The van der Waals surface area contributed by atoms with Crippen LogP contribution in [0.3, 0.4) is 0 Å². The Bertz CT molecular complexity index is 2460. The highest BCUT2D eigenvalue weighted by Gasteiger charge is 2.17. The zero-order valence-electron chi connectivity index (χ0n) is 23.8. The van der Waals surface area contributed by atoms with E-state index < -0.39 is 0 Å². The molecule has 0 spiro atoms. The van der Waals surface area contributed by atoms with E-state index in [1.807, 2.05) is 0 Å². The van der Waals surface area contributed by atoms with Crippen LogP contribution in [0.4, 0.5) is 0 Å². The van der Waals surface area contributed by atoms with Crippen molar-refractivity contribution < 1.29 is 0 Å². The summed E-state index contributed by atoms with van der Waals surface area (Å²) in [5, 5.41) is 11.9. The monoisotopic (exact) mass is 559 g/mol. The van der Waals surface area contributed by atoms with Crippen LogP contribution in [0, 0.1) is 0 Å². The second-order valence-electron chi connectivity index (χ2n) is 11.3. The minimum absolute atomic E-state index is 0.658. The van der Waals surface area contributed by atoms with Gasteiger partial charge in [0.2, 0.25) is 0 Å². The molecule has 0 aliphatic heterocycles. The first-order chi connectivity index (χ1) is 21.8. The lowest BCUT2D eigenvalue weighted by atomic mass is 9.93. The SMILES string of the molecule is c1ccc2cc(-c3nc(-c4ccc5ccccc5c4)nc(-c4cccc5ccc6ccc7ccccc7c6c45)n3)ccc2c1. The fourth-order valence-electron chi connectivity index (χ4n) is 6.47. The Hall–Kier alpha value is -5.93. The van der Waals surface area contributed by atoms with Crippen LogP contribution in [0.2, 0.25) is 0 Å². The van der Waals surface area contributed by atoms with Gasteiger partial charge in [0, 0.05) is 22.1 Å². The molecule has 0 fully saturated rings. The first kappa shape index (κ1) is 24.6. The van der Waals surface area contributed by atoms with E-state index in [4.69, 9.17) is 15.0 Å². The van der Waals surface area contributed by atoms with Gasteiger partial charge in [0.25, 0.3) is 0 Å². The molecule has 9 aromatic rings. The molecular weight excluding hydrogens is 534 g/mol. The van der Waals surface area contributed by atoms with Gasteiger partial charge in [-0.15, -0.1) is 0 Å². The maximum atomic E-state index is 5.18. The normalized spacial score (nSPS) is 11.6. The second kappa shape index (κ2) is 9.82. The van der Waals surface area contributed by atoms with Crippen molar-refractivity contribution in [1.82, 2.24) is 15.0 Å². The summed E-state index contributed by atoms with van der Waals surface area (Å²) in [5.74, 6) is 1.98. The minimum atomic E-state index is 0.658. The van der Waals surface area contributed by atoms with E-state index >= 15 is 0 Å². The summed E-state index contributed by atoms with van der Waals surface area (Å²) >= 11 is 0. The van der Waals surface area contributed by atoms with Crippen LogP contribution in [0.1, 0.15) is 0 Å². The number of benzene rings is 8. The maximum Gasteiger partial charge on any atom is 0.164 e. The van der Waals surface area contributed by atoms with Crippen molar-refractivity contribution in [3.63, 3.8) is 0 Å². The number of nitrogens with zero attached hydrogens (tertiary/aromatic N) is 3. The lowest BCUT2D eigenvalue weighted by Crippen LogP contribution is -2.01. The molecule has 0 unspecified atom stereocenters. The molecule has 0 radical (unpaired) electrons. The first-order valence-electron chi connectivity index (χ1n) is 14.9. The van der Waals surface area contributed by atoms with Crippen molar-refractivity contribution in [3.05, 3.63) is 152 Å². The lowest BCUT2D eigenvalue weighted by molar-refractivity contribution is 1.08. The van der Waals surface area contributed by atoms with Crippen molar-refractivity contribution in [2.45, 2.75) is 0 Å². The molecular formula is C41H25N3. The number of fused-ring (bicyclic) bond motifs is 7. The Balaban J connectivity index is 1.36. The molecule has 0 aliphatic rings. The summed E-state index contributed by atoms with van der Waals surface area (Å²) in [5.41, 5.74) is 2.92. The molecule has 0 aliphatic carbocycles. The molecule has 0 atom stereocenters. The van der Waals surface area contributed by atoms with E-state index in [9.17, 15) is 0 Å². The highest BCUT2D eigenvalue weighted by Crippen LogP contribution is 2.38. The van der Waals surface area contributed by atoms with Crippen LogP contribution in [0.25, 0.3) is 88.0 Å². The van der Waals surface area contributed by atoms with Gasteiger partial charge in [-0.3, -0.25) is 0 Å². The zero-order chi connectivity index (χ0) is 29.0. The van der Waals surface area contributed by atoms with Crippen LogP contribution in [0.5, 0.6) is 0 Å². The Morgan fingerprint density at radius 1 is 0.295 bits per heavy atom. The summed E-state index contributed by atoms with van der Waals surface area (Å²) in [6.07, 6.45) is 0. The van der Waals surface area contributed by atoms with Gasteiger partial charge in [0.1, 0.15) is 0 Å². The summed E-state index contributed by atoms with van der Waals surface area (Å²) < 4.78 is 0. The smallest absolute Gasteiger partial charge is 0.164 e. The Labute approximate surface area is 254 Å². The molecule has 1 aromatic heterocycles. The van der Waals surface area contributed by atoms with Crippen LogP contribution in [0.15, 0.2) is 152 Å². The van der Waals surface area contributed by atoms with Crippen LogP contribution in [-0.2, 0) is 0 Å². The fraction of sp³-hybridized carbons (Fsp3) is 0. The van der Waals surface area contributed by atoms with Crippen molar-refractivity contribution >= 4 is 53.9 Å². The summed E-state index contributed by atoms with van der Waals surface area (Å²) in [6.45, 7) is 0. The van der Waals surface area contributed by atoms with Gasteiger partial charge in [-0.25, -0.2) is 15.0 Å². The number of hydrogen-bond donors (Lipinski definition) is 0. The molecule has 204 valence electrons. The highest BCUT2D eigenvalue weighted by molar-refractivity contribution is 6.23. The third-order valence-corrected chi connectivity index (χ3v) is 8.64. The van der Waals surface area contributed by atoms with Crippen molar-refractivity contribution in [2.75, 3.05) is 0 Å². The summed E-state index contributed by atoms with van der Waals surface area (Å²) in [7, 11) is 0. The molecule has 0 bridgehead atoms. The molecule has 0 N–H and O–H groups in total. The van der Waals surface area contributed by atoms with Crippen molar-refractivity contribution in [1.29, 1.82) is 0 Å². The average Bonchev–Trinajstić information content (AvgIpc) is 3.10. The Morgan fingerprint density at radius 3 is 1.39 bits per heavy atom. The third kappa shape index (κ3) is 4.02. The quantitative estimate of drug-likeness (QED) is 0.202. The topological polar surface area (TPSA) is 38.7 Å². The van der Waals surface area contributed by atoms with Gasteiger partial charge in [-0.1, -0.05) is 140 Å². The summed E-state index contributed by atoms with van der Waals surface area (Å²) in [6, 6.07) is 53.5. The highest BCUT2D eigenvalue weighted by atomic mass is 15.0. The Morgan fingerprint density at radius 2 is 0.750 bits per heavy atom. The molecule has 44 heavy (non-hydrogen) atoms. The van der Waals surface area contributed by atoms with Crippen LogP contribution in [-0.4, -0.2) is 15.0 Å². The molecule has 3 heteroatoms. The van der Waals surface area contributed by atoms with Gasteiger partial charge in [0.05, 0.1) is 0 Å². The second-order valence-corrected chi connectivity index (χ2v) is 11.3.